The molecule has 0 N–H and O–H groups in total. The predicted octanol–water partition coefficient (Wildman–Crippen LogP) is 2.52. The Balaban J connectivity index is 2.01. The van der Waals surface area contributed by atoms with Crippen LogP contribution in [-0.4, -0.2) is 13.1 Å². The van der Waals surface area contributed by atoms with E-state index in [1.807, 2.05) is 0 Å². The maximum atomic E-state index is 11.6. The van der Waals surface area contributed by atoms with Gasteiger partial charge in [-0.2, -0.15) is 0 Å². The van der Waals surface area contributed by atoms with Gasteiger partial charge in [0.25, 0.3) is 0 Å². The Bertz CT molecular complexity index is 200. The van der Waals surface area contributed by atoms with Gasteiger partial charge in [0.1, 0.15) is 0 Å². The van der Waals surface area contributed by atoms with E-state index in [2.05, 4.69) is 0 Å². The summed E-state index contributed by atoms with van der Waals surface area (Å²) in [5.41, 5.74) is -0.0326. The number of methoxy groups -OCH3 is 1. The van der Waals surface area contributed by atoms with Gasteiger partial charge in [-0.15, -0.1) is 0 Å². The Hall–Kier alpha value is -0.530. The average molecular weight is 182 g/mol. The number of ether oxygens (including phenoxy) is 1. The van der Waals surface area contributed by atoms with Crippen molar-refractivity contribution in [2.45, 2.75) is 44.9 Å². The first-order chi connectivity index (χ1) is 6.29. The van der Waals surface area contributed by atoms with Gasteiger partial charge in [0.15, 0.2) is 0 Å². The van der Waals surface area contributed by atoms with E-state index in [0.717, 1.165) is 12.8 Å². The lowest BCUT2D eigenvalue weighted by Gasteiger charge is -2.28. The minimum absolute atomic E-state index is 0.0326. The fraction of sp³-hybridized carbons (Fsp3) is 0.909. The molecule has 0 aliphatic heterocycles. The maximum Gasteiger partial charge on any atom is 0.312 e. The van der Waals surface area contributed by atoms with Gasteiger partial charge in [-0.05, 0) is 31.6 Å². The van der Waals surface area contributed by atoms with E-state index in [0.29, 0.717) is 5.92 Å². The lowest BCUT2D eigenvalue weighted by molar-refractivity contribution is -0.150. The molecule has 2 nitrogen and oxygen atoms in total. The Morgan fingerprint density at radius 1 is 1.23 bits per heavy atom. The summed E-state index contributed by atoms with van der Waals surface area (Å²) in [5.74, 6) is 0.688. The largest absolute Gasteiger partial charge is 0.469 e. The number of esters is 1. The Morgan fingerprint density at radius 3 is 2.31 bits per heavy atom. The number of carbonyl (C=O) groups excluding carboxylic acids is 1. The molecule has 2 aliphatic rings. The van der Waals surface area contributed by atoms with E-state index in [1.165, 1.54) is 39.2 Å². The number of rotatable bonds is 2. The first-order valence-electron chi connectivity index (χ1n) is 5.38. The highest BCUT2D eigenvalue weighted by Gasteiger charge is 2.56. The molecule has 0 aromatic rings. The van der Waals surface area contributed by atoms with Crippen molar-refractivity contribution in [3.8, 4) is 0 Å². The molecule has 0 amide bonds. The van der Waals surface area contributed by atoms with E-state index in [9.17, 15) is 4.79 Å². The zero-order valence-corrected chi connectivity index (χ0v) is 8.34. The molecule has 0 saturated heterocycles. The van der Waals surface area contributed by atoms with Crippen LogP contribution in [0.3, 0.4) is 0 Å². The van der Waals surface area contributed by atoms with Gasteiger partial charge < -0.3 is 4.74 Å². The normalized spacial score (nSPS) is 26.8. The van der Waals surface area contributed by atoms with Gasteiger partial charge in [-0.1, -0.05) is 19.3 Å². The van der Waals surface area contributed by atoms with Crippen LogP contribution < -0.4 is 0 Å². The summed E-state index contributed by atoms with van der Waals surface area (Å²) in [6.45, 7) is 0. The minimum Gasteiger partial charge on any atom is -0.469 e. The quantitative estimate of drug-likeness (QED) is 0.613. The van der Waals surface area contributed by atoms with Crippen molar-refractivity contribution in [3.05, 3.63) is 0 Å². The molecular formula is C11H18O2. The average Bonchev–Trinajstić information content (AvgIpc) is 2.99. The smallest absolute Gasteiger partial charge is 0.312 e. The van der Waals surface area contributed by atoms with Crippen molar-refractivity contribution in [1.29, 1.82) is 0 Å². The molecular weight excluding hydrogens is 164 g/mol. The summed E-state index contributed by atoms with van der Waals surface area (Å²) in [6, 6.07) is 0. The monoisotopic (exact) mass is 182 g/mol. The third-order valence-electron chi connectivity index (χ3n) is 3.77. The van der Waals surface area contributed by atoms with Gasteiger partial charge in [-0.3, -0.25) is 4.79 Å². The Morgan fingerprint density at radius 2 is 1.85 bits per heavy atom. The first kappa shape index (κ1) is 9.04. The molecule has 2 heteroatoms. The van der Waals surface area contributed by atoms with E-state index in [1.54, 1.807) is 0 Å². The van der Waals surface area contributed by atoms with Crippen LogP contribution in [0.2, 0.25) is 0 Å². The topological polar surface area (TPSA) is 26.3 Å². The highest BCUT2D eigenvalue weighted by molar-refractivity contribution is 5.80. The van der Waals surface area contributed by atoms with E-state index in [4.69, 9.17) is 4.74 Å². The molecule has 0 atom stereocenters. The third-order valence-corrected chi connectivity index (χ3v) is 3.77. The van der Waals surface area contributed by atoms with Crippen LogP contribution in [0.1, 0.15) is 44.9 Å². The molecule has 0 aromatic carbocycles. The van der Waals surface area contributed by atoms with E-state index in [-0.39, 0.29) is 11.4 Å². The minimum atomic E-state index is -0.0326. The fourth-order valence-corrected chi connectivity index (χ4v) is 2.77. The van der Waals surface area contributed by atoms with Crippen LogP contribution in [0.15, 0.2) is 0 Å². The molecule has 0 heterocycles. The second-order valence-electron chi connectivity index (χ2n) is 4.48. The van der Waals surface area contributed by atoms with Gasteiger partial charge in [0, 0.05) is 0 Å². The summed E-state index contributed by atoms with van der Waals surface area (Å²) in [7, 11) is 1.52. The van der Waals surface area contributed by atoms with Crippen molar-refractivity contribution in [1.82, 2.24) is 0 Å². The number of hydrogen-bond acceptors (Lipinski definition) is 2. The molecule has 74 valence electrons. The molecule has 2 saturated carbocycles. The highest BCUT2D eigenvalue weighted by Crippen LogP contribution is 2.57. The Labute approximate surface area is 79.7 Å². The summed E-state index contributed by atoms with van der Waals surface area (Å²) in [6.07, 6.45) is 8.61. The zero-order chi connectivity index (χ0) is 9.31. The van der Waals surface area contributed by atoms with Crippen LogP contribution in [-0.2, 0) is 9.53 Å². The van der Waals surface area contributed by atoms with Crippen molar-refractivity contribution < 1.29 is 9.53 Å². The van der Waals surface area contributed by atoms with Crippen molar-refractivity contribution in [2.75, 3.05) is 7.11 Å². The number of carbonyl (C=O) groups is 1. The molecule has 2 fully saturated rings. The van der Waals surface area contributed by atoms with Crippen LogP contribution in [0.4, 0.5) is 0 Å². The SMILES string of the molecule is COC(=O)C1(C2CCCCC2)CC1. The third kappa shape index (κ3) is 1.47. The van der Waals surface area contributed by atoms with E-state index >= 15 is 0 Å². The highest BCUT2D eigenvalue weighted by atomic mass is 16.5. The van der Waals surface area contributed by atoms with Crippen LogP contribution in [0.5, 0.6) is 0 Å². The second-order valence-corrected chi connectivity index (χ2v) is 4.48. The lowest BCUT2D eigenvalue weighted by atomic mass is 9.78. The van der Waals surface area contributed by atoms with Crippen LogP contribution in [0, 0.1) is 11.3 Å². The molecule has 2 aliphatic carbocycles. The van der Waals surface area contributed by atoms with Gasteiger partial charge in [0.05, 0.1) is 12.5 Å². The molecule has 0 unspecified atom stereocenters. The van der Waals surface area contributed by atoms with Gasteiger partial charge in [-0.25, -0.2) is 0 Å². The second kappa shape index (κ2) is 3.32. The summed E-state index contributed by atoms with van der Waals surface area (Å²) in [4.78, 5) is 11.6. The maximum absolute atomic E-state index is 11.6. The van der Waals surface area contributed by atoms with Crippen molar-refractivity contribution in [2.24, 2.45) is 11.3 Å². The molecule has 0 bridgehead atoms. The van der Waals surface area contributed by atoms with Crippen molar-refractivity contribution >= 4 is 5.97 Å². The van der Waals surface area contributed by atoms with Crippen LogP contribution in [0.25, 0.3) is 0 Å². The molecule has 0 radical (unpaired) electrons. The number of hydrogen-bond donors (Lipinski definition) is 0. The standard InChI is InChI=1S/C11H18O2/c1-13-10(12)11(7-8-11)9-5-3-2-4-6-9/h9H,2-8H2,1H3. The van der Waals surface area contributed by atoms with Gasteiger partial charge >= 0.3 is 5.97 Å². The lowest BCUT2D eigenvalue weighted by Crippen LogP contribution is -2.28. The fourth-order valence-electron chi connectivity index (χ4n) is 2.77. The molecule has 13 heavy (non-hydrogen) atoms. The first-order valence-corrected chi connectivity index (χ1v) is 5.38. The van der Waals surface area contributed by atoms with Crippen molar-refractivity contribution in [3.63, 3.8) is 0 Å². The molecule has 0 spiro atoms. The van der Waals surface area contributed by atoms with Crippen LogP contribution >= 0.6 is 0 Å². The van der Waals surface area contributed by atoms with Gasteiger partial charge in [0.2, 0.25) is 0 Å². The predicted molar refractivity (Wildman–Crippen MR) is 50.3 cm³/mol. The summed E-state index contributed by atoms with van der Waals surface area (Å²) in [5, 5.41) is 0. The zero-order valence-electron chi connectivity index (χ0n) is 8.34. The summed E-state index contributed by atoms with van der Waals surface area (Å²) >= 11 is 0. The molecule has 0 aromatic heterocycles. The Kier molecular flexibility index (Phi) is 2.31. The molecule has 2 rings (SSSR count). The summed E-state index contributed by atoms with van der Waals surface area (Å²) < 4.78 is 4.89. The van der Waals surface area contributed by atoms with E-state index < -0.39 is 0 Å².